The van der Waals surface area contributed by atoms with E-state index in [1.54, 1.807) is 24.3 Å². The van der Waals surface area contributed by atoms with Gasteiger partial charge in [-0.15, -0.1) is 0 Å². The molecule has 1 heterocycles. The fourth-order valence-corrected chi connectivity index (χ4v) is 3.00. The Morgan fingerprint density at radius 2 is 1.63 bits per heavy atom. The Hall–Kier alpha value is -3.15. The molecule has 0 atom stereocenters. The lowest BCUT2D eigenvalue weighted by Crippen LogP contribution is -2.32. The molecule has 6 heteroatoms. The zero-order chi connectivity index (χ0) is 19.2. The van der Waals surface area contributed by atoms with Crippen LogP contribution in [0.3, 0.4) is 0 Å². The second-order valence-corrected chi connectivity index (χ2v) is 6.37. The topological polar surface area (TPSA) is 75.7 Å². The molecule has 0 saturated heterocycles. The van der Waals surface area contributed by atoms with E-state index in [1.807, 2.05) is 31.2 Å². The zero-order valence-corrected chi connectivity index (χ0v) is 15.2. The molecular formula is C21H22N2O4. The SMILES string of the molecule is Cc1ccccc1OCCNC(=O)CCCN1C(=O)c2ccccc2C1=O. The van der Waals surface area contributed by atoms with E-state index < -0.39 is 0 Å². The molecule has 6 nitrogen and oxygen atoms in total. The normalized spacial score (nSPS) is 12.9. The smallest absolute Gasteiger partial charge is 0.261 e. The summed E-state index contributed by atoms with van der Waals surface area (Å²) in [7, 11) is 0. The number of ether oxygens (including phenoxy) is 1. The van der Waals surface area contributed by atoms with Crippen molar-refractivity contribution in [1.82, 2.24) is 10.2 Å². The van der Waals surface area contributed by atoms with Crippen molar-refractivity contribution in [3.05, 3.63) is 65.2 Å². The van der Waals surface area contributed by atoms with Crippen LogP contribution in [0.15, 0.2) is 48.5 Å². The number of hydrogen-bond acceptors (Lipinski definition) is 4. The summed E-state index contributed by atoms with van der Waals surface area (Å²) in [6.45, 7) is 2.99. The van der Waals surface area contributed by atoms with E-state index in [-0.39, 0.29) is 30.7 Å². The van der Waals surface area contributed by atoms with Gasteiger partial charge in [-0.25, -0.2) is 0 Å². The third-order valence-corrected chi connectivity index (χ3v) is 4.44. The zero-order valence-electron chi connectivity index (χ0n) is 15.2. The fraction of sp³-hybridized carbons (Fsp3) is 0.286. The molecule has 1 N–H and O–H groups in total. The van der Waals surface area contributed by atoms with Crippen LogP contribution in [-0.4, -0.2) is 42.3 Å². The van der Waals surface area contributed by atoms with Gasteiger partial charge in [-0.1, -0.05) is 30.3 Å². The maximum absolute atomic E-state index is 12.2. The number of para-hydroxylation sites is 1. The van der Waals surface area contributed by atoms with Crippen LogP contribution in [0.2, 0.25) is 0 Å². The highest BCUT2D eigenvalue weighted by Gasteiger charge is 2.34. The summed E-state index contributed by atoms with van der Waals surface area (Å²) in [4.78, 5) is 37.6. The third-order valence-electron chi connectivity index (χ3n) is 4.44. The van der Waals surface area contributed by atoms with Crippen molar-refractivity contribution in [2.75, 3.05) is 19.7 Å². The van der Waals surface area contributed by atoms with Gasteiger partial charge in [-0.05, 0) is 37.1 Å². The second-order valence-electron chi connectivity index (χ2n) is 6.37. The van der Waals surface area contributed by atoms with Crippen LogP contribution in [-0.2, 0) is 4.79 Å². The molecule has 0 aliphatic carbocycles. The average Bonchev–Trinajstić information content (AvgIpc) is 2.92. The molecule has 2 aromatic carbocycles. The van der Waals surface area contributed by atoms with Gasteiger partial charge in [0.2, 0.25) is 5.91 Å². The van der Waals surface area contributed by atoms with Crippen molar-refractivity contribution in [1.29, 1.82) is 0 Å². The molecule has 0 unspecified atom stereocenters. The third kappa shape index (κ3) is 4.34. The number of carbonyl (C=O) groups excluding carboxylic acids is 3. The lowest BCUT2D eigenvalue weighted by Gasteiger charge is -2.13. The Morgan fingerprint density at radius 3 is 2.30 bits per heavy atom. The van der Waals surface area contributed by atoms with Crippen molar-refractivity contribution >= 4 is 17.7 Å². The van der Waals surface area contributed by atoms with E-state index in [0.29, 0.717) is 30.7 Å². The number of nitrogens with zero attached hydrogens (tertiary/aromatic N) is 1. The van der Waals surface area contributed by atoms with E-state index in [2.05, 4.69) is 5.32 Å². The van der Waals surface area contributed by atoms with Crippen molar-refractivity contribution in [3.8, 4) is 5.75 Å². The molecule has 3 rings (SSSR count). The van der Waals surface area contributed by atoms with E-state index in [4.69, 9.17) is 4.74 Å². The minimum absolute atomic E-state index is 0.125. The van der Waals surface area contributed by atoms with Crippen molar-refractivity contribution < 1.29 is 19.1 Å². The highest BCUT2D eigenvalue weighted by molar-refractivity contribution is 6.21. The number of nitrogens with one attached hydrogen (secondary N) is 1. The van der Waals surface area contributed by atoms with Gasteiger partial charge in [0.15, 0.2) is 0 Å². The monoisotopic (exact) mass is 366 g/mol. The molecule has 0 fully saturated rings. The molecule has 140 valence electrons. The number of carbonyl (C=O) groups is 3. The molecule has 1 aliphatic heterocycles. The summed E-state index contributed by atoms with van der Waals surface area (Å²) in [6.07, 6.45) is 0.674. The molecule has 2 aromatic rings. The predicted molar refractivity (Wildman–Crippen MR) is 101 cm³/mol. The molecule has 3 amide bonds. The average molecular weight is 366 g/mol. The number of imide groups is 1. The van der Waals surface area contributed by atoms with Gasteiger partial charge in [-0.2, -0.15) is 0 Å². The van der Waals surface area contributed by atoms with Gasteiger partial charge < -0.3 is 10.1 Å². The van der Waals surface area contributed by atoms with Gasteiger partial charge >= 0.3 is 0 Å². The summed E-state index contributed by atoms with van der Waals surface area (Å²) in [6, 6.07) is 14.5. The quantitative estimate of drug-likeness (QED) is 0.575. The van der Waals surface area contributed by atoms with Crippen LogP contribution in [0.5, 0.6) is 5.75 Å². The van der Waals surface area contributed by atoms with E-state index >= 15 is 0 Å². The molecule has 0 saturated carbocycles. The van der Waals surface area contributed by atoms with E-state index in [0.717, 1.165) is 11.3 Å². The summed E-state index contributed by atoms with van der Waals surface area (Å²) in [5, 5.41) is 2.79. The van der Waals surface area contributed by atoms with Crippen LogP contribution < -0.4 is 10.1 Å². The minimum atomic E-state index is -0.289. The van der Waals surface area contributed by atoms with Gasteiger partial charge in [0.1, 0.15) is 12.4 Å². The van der Waals surface area contributed by atoms with Gasteiger partial charge in [-0.3, -0.25) is 19.3 Å². The summed E-state index contributed by atoms with van der Waals surface area (Å²) < 4.78 is 5.62. The first kappa shape index (κ1) is 18.6. The van der Waals surface area contributed by atoms with Gasteiger partial charge in [0.25, 0.3) is 11.8 Å². The minimum Gasteiger partial charge on any atom is -0.491 e. The van der Waals surface area contributed by atoms with Crippen LogP contribution in [0.25, 0.3) is 0 Å². The number of rotatable bonds is 8. The molecule has 0 radical (unpaired) electrons. The lowest BCUT2D eigenvalue weighted by molar-refractivity contribution is -0.121. The van der Waals surface area contributed by atoms with Crippen LogP contribution in [0, 0.1) is 6.92 Å². The maximum Gasteiger partial charge on any atom is 0.261 e. The maximum atomic E-state index is 12.2. The van der Waals surface area contributed by atoms with Crippen molar-refractivity contribution in [2.24, 2.45) is 0 Å². The molecule has 27 heavy (non-hydrogen) atoms. The highest BCUT2D eigenvalue weighted by Crippen LogP contribution is 2.22. The Kier molecular flexibility index (Phi) is 5.86. The van der Waals surface area contributed by atoms with Crippen molar-refractivity contribution in [3.63, 3.8) is 0 Å². The molecule has 0 spiro atoms. The fourth-order valence-electron chi connectivity index (χ4n) is 3.00. The molecule has 0 aromatic heterocycles. The summed E-state index contributed by atoms with van der Waals surface area (Å²) >= 11 is 0. The molecule has 1 aliphatic rings. The Morgan fingerprint density at radius 1 is 1.00 bits per heavy atom. The van der Waals surface area contributed by atoms with Crippen LogP contribution in [0.1, 0.15) is 39.1 Å². The first-order valence-corrected chi connectivity index (χ1v) is 8.98. The Bertz CT molecular complexity index is 828. The first-order chi connectivity index (χ1) is 13.1. The number of aryl methyl sites for hydroxylation is 1. The highest BCUT2D eigenvalue weighted by atomic mass is 16.5. The lowest BCUT2D eigenvalue weighted by atomic mass is 10.1. The Labute approximate surface area is 158 Å². The van der Waals surface area contributed by atoms with Gasteiger partial charge in [0, 0.05) is 13.0 Å². The standard InChI is InChI=1S/C21H22N2O4/c1-15-7-2-5-10-18(15)27-14-12-22-19(24)11-6-13-23-20(25)16-8-3-4-9-17(16)21(23)26/h2-5,7-10H,6,11-14H2,1H3,(H,22,24). The molecular weight excluding hydrogens is 344 g/mol. The largest absolute Gasteiger partial charge is 0.491 e. The van der Waals surface area contributed by atoms with Crippen LogP contribution in [0.4, 0.5) is 0 Å². The second kappa shape index (κ2) is 8.49. The first-order valence-electron chi connectivity index (χ1n) is 8.98. The number of fused-ring (bicyclic) bond motifs is 1. The van der Waals surface area contributed by atoms with E-state index in [9.17, 15) is 14.4 Å². The van der Waals surface area contributed by atoms with Gasteiger partial charge in [0.05, 0.1) is 17.7 Å². The predicted octanol–water partition coefficient (Wildman–Crippen LogP) is 2.57. The Balaban J connectivity index is 1.36. The summed E-state index contributed by atoms with van der Waals surface area (Å²) in [5.41, 5.74) is 1.91. The summed E-state index contributed by atoms with van der Waals surface area (Å²) in [5.74, 6) is 0.0997. The van der Waals surface area contributed by atoms with E-state index in [1.165, 1.54) is 4.90 Å². The number of benzene rings is 2. The van der Waals surface area contributed by atoms with Crippen LogP contribution >= 0.6 is 0 Å². The number of hydrogen-bond donors (Lipinski definition) is 1. The molecule has 0 bridgehead atoms. The number of amides is 3. The van der Waals surface area contributed by atoms with Crippen molar-refractivity contribution in [2.45, 2.75) is 19.8 Å².